The summed E-state index contributed by atoms with van der Waals surface area (Å²) in [6.07, 6.45) is 4.59. The first-order chi connectivity index (χ1) is 16.7. The number of hydrogen-bond donors (Lipinski definition) is 2. The van der Waals surface area contributed by atoms with Crippen LogP contribution in [0.3, 0.4) is 0 Å². The minimum atomic E-state index is -0.263. The summed E-state index contributed by atoms with van der Waals surface area (Å²) in [6, 6.07) is 26.6. The standard InChI is InChI=1S/C27H26FN5S/c28-21-12-4-5-14-23(21)32-18-8-15-24(32)26-25(22-13-6-7-16-30-22)31-27(34)33(26)19-9-17-29-20-10-2-1-3-11-20/h1-8,10-16,18,25-26,29H,9,17,19H2,(H,31,34)/t25-,26+/m0/s1. The van der Waals surface area contributed by atoms with Gasteiger partial charge in [-0.2, -0.15) is 0 Å². The highest BCUT2D eigenvalue weighted by molar-refractivity contribution is 7.80. The van der Waals surface area contributed by atoms with Gasteiger partial charge in [0.05, 0.1) is 23.5 Å². The summed E-state index contributed by atoms with van der Waals surface area (Å²) in [4.78, 5) is 6.80. The highest BCUT2D eigenvalue weighted by Gasteiger charge is 2.41. The molecule has 1 aliphatic heterocycles. The van der Waals surface area contributed by atoms with E-state index in [9.17, 15) is 4.39 Å². The number of pyridine rings is 1. The van der Waals surface area contributed by atoms with Crippen LogP contribution in [0.2, 0.25) is 0 Å². The Kier molecular flexibility index (Phi) is 6.53. The quantitative estimate of drug-likeness (QED) is 0.263. The number of nitrogens with one attached hydrogen (secondary N) is 2. The van der Waals surface area contributed by atoms with E-state index in [4.69, 9.17) is 12.2 Å². The zero-order valence-electron chi connectivity index (χ0n) is 18.6. The summed E-state index contributed by atoms with van der Waals surface area (Å²) in [5.74, 6) is -0.263. The molecule has 0 aliphatic carbocycles. The molecule has 1 aliphatic rings. The summed E-state index contributed by atoms with van der Waals surface area (Å²) >= 11 is 5.78. The molecule has 2 N–H and O–H groups in total. The number of nitrogens with zero attached hydrogens (tertiary/aromatic N) is 3. The third kappa shape index (κ3) is 4.52. The molecule has 2 aromatic heterocycles. The van der Waals surface area contributed by atoms with Crippen molar-refractivity contribution in [2.24, 2.45) is 0 Å². The van der Waals surface area contributed by atoms with E-state index in [2.05, 4.69) is 32.7 Å². The number of benzene rings is 2. The van der Waals surface area contributed by atoms with Crippen molar-refractivity contribution in [1.29, 1.82) is 0 Å². The van der Waals surface area contributed by atoms with Gasteiger partial charge in [0, 0.05) is 36.9 Å². The van der Waals surface area contributed by atoms with E-state index >= 15 is 0 Å². The SMILES string of the molecule is Fc1ccccc1-n1cccc1[C@@H]1[C@H](c2ccccn2)NC(=S)N1CCCNc1ccccc1. The molecule has 1 fully saturated rings. The lowest BCUT2D eigenvalue weighted by molar-refractivity contribution is 0.307. The minimum absolute atomic E-state index is 0.131. The highest BCUT2D eigenvalue weighted by atomic mass is 32.1. The summed E-state index contributed by atoms with van der Waals surface area (Å²) in [6.45, 7) is 1.57. The normalized spacial score (nSPS) is 17.6. The number of rotatable bonds is 8. The fraction of sp³-hybridized carbons (Fsp3) is 0.185. The molecule has 3 heterocycles. The van der Waals surface area contributed by atoms with E-state index in [-0.39, 0.29) is 17.9 Å². The van der Waals surface area contributed by atoms with Crippen molar-refractivity contribution in [3.63, 3.8) is 0 Å². The van der Waals surface area contributed by atoms with E-state index in [1.807, 2.05) is 65.4 Å². The third-order valence-electron chi connectivity index (χ3n) is 6.07. The maximum absolute atomic E-state index is 14.7. The Balaban J connectivity index is 1.44. The molecule has 0 spiro atoms. The Labute approximate surface area is 204 Å². The molecular formula is C27H26FN5S. The Morgan fingerprint density at radius 1 is 0.941 bits per heavy atom. The highest BCUT2D eigenvalue weighted by Crippen LogP contribution is 2.39. The molecular weight excluding hydrogens is 445 g/mol. The van der Waals surface area contributed by atoms with Crippen LogP contribution < -0.4 is 10.6 Å². The van der Waals surface area contributed by atoms with Crippen LogP contribution in [0.4, 0.5) is 10.1 Å². The second kappa shape index (κ2) is 10.1. The molecule has 34 heavy (non-hydrogen) atoms. The second-order valence-corrected chi connectivity index (χ2v) is 8.61. The molecule has 5 rings (SSSR count). The molecule has 172 valence electrons. The maximum atomic E-state index is 14.7. The van der Waals surface area contributed by atoms with Gasteiger partial charge in [0.15, 0.2) is 5.11 Å². The molecule has 7 heteroatoms. The van der Waals surface area contributed by atoms with Crippen molar-refractivity contribution in [2.75, 3.05) is 18.4 Å². The van der Waals surface area contributed by atoms with Crippen molar-refractivity contribution >= 4 is 23.0 Å². The predicted molar refractivity (Wildman–Crippen MR) is 137 cm³/mol. The Morgan fingerprint density at radius 3 is 2.53 bits per heavy atom. The van der Waals surface area contributed by atoms with Crippen LogP contribution in [0.15, 0.2) is 97.3 Å². The third-order valence-corrected chi connectivity index (χ3v) is 6.42. The monoisotopic (exact) mass is 471 g/mol. The molecule has 2 aromatic carbocycles. The molecule has 5 nitrogen and oxygen atoms in total. The van der Waals surface area contributed by atoms with Gasteiger partial charge in [0.1, 0.15) is 5.82 Å². The molecule has 4 aromatic rings. The zero-order valence-corrected chi connectivity index (χ0v) is 19.5. The molecule has 0 saturated carbocycles. The van der Waals surface area contributed by atoms with Gasteiger partial charge >= 0.3 is 0 Å². The Bertz CT molecular complexity index is 1240. The fourth-order valence-electron chi connectivity index (χ4n) is 4.51. The summed E-state index contributed by atoms with van der Waals surface area (Å²) in [5.41, 5.74) is 3.48. The van der Waals surface area contributed by atoms with Crippen LogP contribution in [-0.4, -0.2) is 32.7 Å². The number of hydrogen-bond acceptors (Lipinski definition) is 3. The minimum Gasteiger partial charge on any atom is -0.385 e. The summed E-state index contributed by atoms with van der Waals surface area (Å²) in [5, 5.41) is 7.62. The van der Waals surface area contributed by atoms with E-state index in [1.165, 1.54) is 6.07 Å². The lowest BCUT2D eigenvalue weighted by Gasteiger charge is -2.29. The van der Waals surface area contributed by atoms with Crippen molar-refractivity contribution in [3.8, 4) is 5.69 Å². The Hall–Kier alpha value is -3.71. The lowest BCUT2D eigenvalue weighted by Crippen LogP contribution is -2.32. The van der Waals surface area contributed by atoms with Crippen molar-refractivity contribution < 1.29 is 4.39 Å². The number of para-hydroxylation sites is 2. The van der Waals surface area contributed by atoms with E-state index < -0.39 is 0 Å². The van der Waals surface area contributed by atoms with Crippen LogP contribution in [0, 0.1) is 5.82 Å². The Morgan fingerprint density at radius 2 is 1.74 bits per heavy atom. The first kappa shape index (κ1) is 22.1. The predicted octanol–water partition coefficient (Wildman–Crippen LogP) is 5.49. The van der Waals surface area contributed by atoms with E-state index in [0.717, 1.165) is 36.6 Å². The van der Waals surface area contributed by atoms with Crippen molar-refractivity contribution in [1.82, 2.24) is 19.8 Å². The number of aromatic nitrogens is 2. The number of anilines is 1. The summed E-state index contributed by atoms with van der Waals surface area (Å²) < 4.78 is 16.6. The van der Waals surface area contributed by atoms with Crippen LogP contribution in [0.1, 0.15) is 29.9 Å². The molecule has 0 bridgehead atoms. The molecule has 1 saturated heterocycles. The number of halogens is 1. The molecule has 0 radical (unpaired) electrons. The average molecular weight is 472 g/mol. The van der Waals surface area contributed by atoms with Gasteiger partial charge in [-0.15, -0.1) is 0 Å². The largest absolute Gasteiger partial charge is 0.385 e. The van der Waals surface area contributed by atoms with Gasteiger partial charge < -0.3 is 20.1 Å². The van der Waals surface area contributed by atoms with E-state index in [1.54, 1.807) is 18.3 Å². The summed E-state index contributed by atoms with van der Waals surface area (Å²) in [7, 11) is 0. The van der Waals surface area contributed by atoms with Gasteiger partial charge in [-0.05, 0) is 67.2 Å². The first-order valence-corrected chi connectivity index (χ1v) is 11.8. The maximum Gasteiger partial charge on any atom is 0.170 e. The molecule has 2 atom stereocenters. The van der Waals surface area contributed by atoms with E-state index in [0.29, 0.717) is 10.8 Å². The average Bonchev–Trinajstić information content (AvgIpc) is 3.47. The first-order valence-electron chi connectivity index (χ1n) is 11.4. The van der Waals surface area contributed by atoms with Crippen LogP contribution in [-0.2, 0) is 0 Å². The number of thiocarbonyl (C=S) groups is 1. The van der Waals surface area contributed by atoms with Crippen molar-refractivity contribution in [3.05, 3.63) is 115 Å². The van der Waals surface area contributed by atoms with Gasteiger partial charge in [-0.3, -0.25) is 4.98 Å². The lowest BCUT2D eigenvalue weighted by atomic mass is 10.0. The van der Waals surface area contributed by atoms with Gasteiger partial charge in [-0.25, -0.2) is 4.39 Å². The molecule has 0 amide bonds. The van der Waals surface area contributed by atoms with Gasteiger partial charge in [-0.1, -0.05) is 36.4 Å². The fourth-order valence-corrected chi connectivity index (χ4v) is 4.84. The van der Waals surface area contributed by atoms with Crippen molar-refractivity contribution in [2.45, 2.75) is 18.5 Å². The van der Waals surface area contributed by atoms with Crippen LogP contribution >= 0.6 is 12.2 Å². The van der Waals surface area contributed by atoms with Crippen LogP contribution in [0.5, 0.6) is 0 Å². The van der Waals surface area contributed by atoms with Crippen LogP contribution in [0.25, 0.3) is 5.69 Å². The topological polar surface area (TPSA) is 45.1 Å². The van der Waals surface area contributed by atoms with Gasteiger partial charge in [0.25, 0.3) is 0 Å². The smallest absolute Gasteiger partial charge is 0.170 e. The molecule has 0 unspecified atom stereocenters. The zero-order chi connectivity index (χ0) is 23.3. The van der Waals surface area contributed by atoms with Gasteiger partial charge in [0.2, 0.25) is 0 Å². The second-order valence-electron chi connectivity index (χ2n) is 8.22.